The summed E-state index contributed by atoms with van der Waals surface area (Å²) in [6.45, 7) is 0. The number of fused-ring (bicyclic) bond motifs is 1. The van der Waals surface area contributed by atoms with Crippen molar-refractivity contribution in [3.8, 4) is 0 Å². The van der Waals surface area contributed by atoms with E-state index < -0.39 is 0 Å². The third kappa shape index (κ3) is 2.00. The Hall–Kier alpha value is -2.13. The maximum Gasteiger partial charge on any atom is 0.231 e. The van der Waals surface area contributed by atoms with Gasteiger partial charge in [0.25, 0.3) is 0 Å². The highest BCUT2D eigenvalue weighted by atomic mass is 32.1. The van der Waals surface area contributed by atoms with E-state index >= 15 is 0 Å². The largest absolute Gasteiger partial charge is 0.868 e. The van der Waals surface area contributed by atoms with E-state index in [1.807, 2.05) is 58.6 Å². The normalized spacial score (nSPS) is 11.9. The van der Waals surface area contributed by atoms with Gasteiger partial charge < -0.3 is 5.11 Å². The molecule has 0 saturated carbocycles. The van der Waals surface area contributed by atoms with Crippen molar-refractivity contribution < 1.29 is 9.67 Å². The minimum Gasteiger partial charge on any atom is -0.868 e. The monoisotopic (exact) mass is 253 g/mol. The molecule has 0 amide bonds. The molecule has 0 radical (unpaired) electrons. The van der Waals surface area contributed by atoms with Crippen LogP contribution in [0.5, 0.6) is 0 Å². The van der Waals surface area contributed by atoms with Crippen LogP contribution in [-0.4, -0.2) is 0 Å². The van der Waals surface area contributed by atoms with Crippen molar-refractivity contribution in [1.29, 1.82) is 0 Å². The fraction of sp³-hybridized carbons (Fsp3) is 0. The quantitative estimate of drug-likeness (QED) is 0.509. The fourth-order valence-corrected chi connectivity index (χ4v) is 2.70. The number of hydrogen-bond donors (Lipinski definition) is 0. The lowest BCUT2D eigenvalue weighted by Gasteiger charge is -2.07. The van der Waals surface area contributed by atoms with E-state index in [0.717, 1.165) is 5.52 Å². The molecule has 1 aromatic heterocycles. The molecule has 0 fully saturated rings. The molecular weight excluding hydrogens is 242 g/mol. The van der Waals surface area contributed by atoms with Gasteiger partial charge in [0.2, 0.25) is 11.0 Å². The zero-order valence-electron chi connectivity index (χ0n) is 9.61. The van der Waals surface area contributed by atoms with E-state index in [2.05, 4.69) is 6.07 Å². The molecule has 0 N–H and O–H groups in total. The molecule has 3 aromatic rings. The Morgan fingerprint density at radius 2 is 1.72 bits per heavy atom. The van der Waals surface area contributed by atoms with Crippen molar-refractivity contribution in [3.63, 3.8) is 0 Å². The van der Waals surface area contributed by atoms with Crippen LogP contribution in [0.3, 0.4) is 0 Å². The number of aromatic nitrogens is 1. The van der Waals surface area contributed by atoms with Crippen LogP contribution >= 0.6 is 11.3 Å². The van der Waals surface area contributed by atoms with Crippen LogP contribution in [0.4, 0.5) is 0 Å². The number of hydrogen-bond acceptors (Lipinski definition) is 2. The van der Waals surface area contributed by atoms with Gasteiger partial charge in [-0.3, -0.25) is 0 Å². The molecule has 0 aliphatic heterocycles. The smallest absolute Gasteiger partial charge is 0.231 e. The highest BCUT2D eigenvalue weighted by Gasteiger charge is 2.08. The maximum absolute atomic E-state index is 12.1. The van der Waals surface area contributed by atoms with Gasteiger partial charge in [0.05, 0.1) is 0 Å². The molecule has 2 aromatic carbocycles. The molecule has 0 aliphatic carbocycles. The average molecular weight is 253 g/mol. The maximum atomic E-state index is 12.1. The fourth-order valence-electron chi connectivity index (χ4n) is 1.84. The van der Waals surface area contributed by atoms with Gasteiger partial charge >= 0.3 is 0 Å². The van der Waals surface area contributed by atoms with Gasteiger partial charge in [-0.15, -0.1) is 0 Å². The molecule has 3 rings (SSSR count). The third-order valence-corrected chi connectivity index (χ3v) is 3.68. The summed E-state index contributed by atoms with van der Waals surface area (Å²) < 4.78 is 3.06. The SMILES string of the molecule is [O-]/C(=C\[n+]1csc2ccccc21)c1ccccc1. The van der Waals surface area contributed by atoms with Gasteiger partial charge in [-0.05, 0) is 17.4 Å². The van der Waals surface area contributed by atoms with Crippen LogP contribution < -0.4 is 9.67 Å². The summed E-state index contributed by atoms with van der Waals surface area (Å²) in [6.07, 6.45) is 1.63. The van der Waals surface area contributed by atoms with Crippen LogP contribution in [0.15, 0.2) is 60.1 Å². The van der Waals surface area contributed by atoms with Crippen molar-refractivity contribution in [3.05, 3.63) is 65.7 Å². The lowest BCUT2D eigenvalue weighted by Crippen LogP contribution is -2.25. The summed E-state index contributed by atoms with van der Waals surface area (Å²) in [6, 6.07) is 17.4. The molecule has 0 saturated heterocycles. The molecule has 1 heterocycles. The summed E-state index contributed by atoms with van der Waals surface area (Å²) in [5.74, 6) is 0.0177. The molecule has 0 aliphatic rings. The third-order valence-electron chi connectivity index (χ3n) is 2.75. The van der Waals surface area contributed by atoms with Crippen LogP contribution in [0.1, 0.15) is 5.56 Å². The Kier molecular flexibility index (Phi) is 2.82. The first kappa shape index (κ1) is 11.0. The zero-order valence-corrected chi connectivity index (χ0v) is 10.4. The van der Waals surface area contributed by atoms with Crippen LogP contribution in [0.25, 0.3) is 22.2 Å². The van der Waals surface area contributed by atoms with E-state index in [1.54, 1.807) is 17.5 Å². The van der Waals surface area contributed by atoms with Crippen molar-refractivity contribution in [2.45, 2.75) is 0 Å². The average Bonchev–Trinajstić information content (AvgIpc) is 2.83. The molecule has 18 heavy (non-hydrogen) atoms. The van der Waals surface area contributed by atoms with E-state index in [-0.39, 0.29) is 5.76 Å². The second-order valence-corrected chi connectivity index (χ2v) is 4.84. The predicted octanol–water partition coefficient (Wildman–Crippen LogP) is 2.50. The Morgan fingerprint density at radius 3 is 2.56 bits per heavy atom. The number of nitrogens with zero attached hydrogens (tertiary/aromatic N) is 1. The van der Waals surface area contributed by atoms with Crippen molar-refractivity contribution in [2.75, 3.05) is 0 Å². The van der Waals surface area contributed by atoms with E-state index in [4.69, 9.17) is 0 Å². The molecule has 0 bridgehead atoms. The molecule has 0 atom stereocenters. The van der Waals surface area contributed by atoms with Crippen molar-refractivity contribution in [1.82, 2.24) is 0 Å². The second-order valence-electron chi connectivity index (χ2n) is 3.96. The van der Waals surface area contributed by atoms with Crippen LogP contribution in [0, 0.1) is 0 Å². The summed E-state index contributed by atoms with van der Waals surface area (Å²) in [5.41, 5.74) is 3.72. The molecule has 3 heteroatoms. The van der Waals surface area contributed by atoms with Crippen molar-refractivity contribution >= 4 is 33.5 Å². The first-order valence-corrected chi connectivity index (χ1v) is 6.54. The topological polar surface area (TPSA) is 26.9 Å². The van der Waals surface area contributed by atoms with E-state index in [9.17, 15) is 5.11 Å². The van der Waals surface area contributed by atoms with Gasteiger partial charge in [0.15, 0.2) is 6.20 Å². The Labute approximate surface area is 109 Å². The molecule has 0 unspecified atom stereocenters. The van der Waals surface area contributed by atoms with Crippen molar-refractivity contribution in [2.24, 2.45) is 0 Å². The van der Waals surface area contributed by atoms with Gasteiger partial charge in [-0.25, -0.2) is 0 Å². The number of para-hydroxylation sites is 1. The Morgan fingerprint density at radius 1 is 1.00 bits per heavy atom. The van der Waals surface area contributed by atoms with Gasteiger partial charge in [0.1, 0.15) is 4.70 Å². The zero-order chi connectivity index (χ0) is 12.4. The van der Waals surface area contributed by atoms with Crippen LogP contribution in [0.2, 0.25) is 0 Å². The Bertz CT molecular complexity index is 701. The predicted molar refractivity (Wildman–Crippen MR) is 72.6 cm³/mol. The van der Waals surface area contributed by atoms with Gasteiger partial charge in [-0.2, -0.15) is 4.57 Å². The standard InChI is InChI=1S/C15H11NOS/c17-14(12-6-2-1-3-7-12)10-16-11-18-15-9-5-4-8-13(15)16/h1-11H/b14-10-. The second kappa shape index (κ2) is 4.63. The van der Waals surface area contributed by atoms with Crippen LogP contribution in [-0.2, 0) is 0 Å². The Balaban J connectivity index is 2.06. The van der Waals surface area contributed by atoms with E-state index in [0.29, 0.717) is 5.56 Å². The first-order chi connectivity index (χ1) is 8.84. The molecular formula is C15H11NOS. The molecule has 2 nitrogen and oxygen atoms in total. The highest BCUT2D eigenvalue weighted by Crippen LogP contribution is 2.16. The molecule has 88 valence electrons. The number of benzene rings is 2. The summed E-state index contributed by atoms with van der Waals surface area (Å²) in [4.78, 5) is 0. The highest BCUT2D eigenvalue weighted by molar-refractivity contribution is 7.16. The summed E-state index contributed by atoms with van der Waals surface area (Å²) in [7, 11) is 0. The lowest BCUT2D eigenvalue weighted by molar-refractivity contribution is -0.535. The van der Waals surface area contributed by atoms with Gasteiger partial charge in [-0.1, -0.05) is 53.8 Å². The first-order valence-electron chi connectivity index (χ1n) is 5.66. The lowest BCUT2D eigenvalue weighted by atomic mass is 10.2. The minimum absolute atomic E-state index is 0.0177. The summed E-state index contributed by atoms with van der Waals surface area (Å²) in [5, 5.41) is 12.1. The van der Waals surface area contributed by atoms with Gasteiger partial charge in [0, 0.05) is 6.07 Å². The number of rotatable bonds is 2. The van der Waals surface area contributed by atoms with E-state index in [1.165, 1.54) is 4.70 Å². The molecule has 0 spiro atoms. The summed E-state index contributed by atoms with van der Waals surface area (Å²) >= 11 is 1.63. The number of thiazole rings is 1. The minimum atomic E-state index is 0.0177.